The van der Waals surface area contributed by atoms with Crippen LogP contribution in [0.3, 0.4) is 0 Å². The fraction of sp³-hybridized carbons (Fsp3) is 0.700. The maximum atomic E-state index is 12.5. The van der Waals surface area contributed by atoms with E-state index in [1.54, 1.807) is 6.92 Å². The Morgan fingerprint density at radius 2 is 2.04 bits per heavy atom. The Labute approximate surface area is 156 Å². The van der Waals surface area contributed by atoms with Crippen LogP contribution >= 0.6 is 0 Å². The van der Waals surface area contributed by atoms with Gasteiger partial charge in [0.05, 0.1) is 6.04 Å². The van der Waals surface area contributed by atoms with Gasteiger partial charge in [0.1, 0.15) is 5.69 Å². The van der Waals surface area contributed by atoms with E-state index >= 15 is 0 Å². The summed E-state index contributed by atoms with van der Waals surface area (Å²) in [6.07, 6.45) is 4.77. The van der Waals surface area contributed by atoms with Gasteiger partial charge in [-0.15, -0.1) is 0 Å². The summed E-state index contributed by atoms with van der Waals surface area (Å²) in [6.45, 7) is 7.17. The number of amides is 2. The third kappa shape index (κ3) is 4.87. The van der Waals surface area contributed by atoms with Crippen LogP contribution < -0.4 is 5.32 Å². The van der Waals surface area contributed by atoms with Gasteiger partial charge in [0, 0.05) is 39.4 Å². The van der Waals surface area contributed by atoms with Gasteiger partial charge in [-0.2, -0.15) is 0 Å². The second-order valence-corrected chi connectivity index (χ2v) is 8.11. The van der Waals surface area contributed by atoms with Crippen LogP contribution in [0.4, 0.5) is 0 Å². The molecule has 146 valence electrons. The molecule has 1 aliphatic heterocycles. The molecule has 0 aliphatic carbocycles. The number of aromatic nitrogens is 1. The van der Waals surface area contributed by atoms with Gasteiger partial charge >= 0.3 is 0 Å². The van der Waals surface area contributed by atoms with E-state index < -0.39 is 0 Å². The molecule has 1 aromatic heterocycles. The number of hydrogen-bond donors (Lipinski definition) is 2. The van der Waals surface area contributed by atoms with Crippen molar-refractivity contribution in [2.75, 3.05) is 19.7 Å². The van der Waals surface area contributed by atoms with Crippen LogP contribution in [0.15, 0.2) is 12.1 Å². The van der Waals surface area contributed by atoms with Gasteiger partial charge in [0.2, 0.25) is 5.91 Å². The zero-order chi connectivity index (χ0) is 19.3. The second-order valence-electron chi connectivity index (χ2n) is 8.11. The molecule has 2 heterocycles. The fourth-order valence-corrected chi connectivity index (χ4v) is 3.64. The molecule has 0 spiro atoms. The molecule has 6 nitrogen and oxygen atoms in total. The van der Waals surface area contributed by atoms with E-state index in [2.05, 4.69) is 5.32 Å². The minimum absolute atomic E-state index is 0.0538. The summed E-state index contributed by atoms with van der Waals surface area (Å²) in [5, 5.41) is 12.3. The van der Waals surface area contributed by atoms with E-state index in [0.717, 1.165) is 44.3 Å². The normalized spacial score (nSPS) is 18.0. The van der Waals surface area contributed by atoms with Crippen molar-refractivity contribution in [3.8, 4) is 0 Å². The Bertz CT molecular complexity index is 636. The number of aliphatic hydroxyl groups is 1. The standard InChI is InChI=1S/C20H33N3O3/c1-15(25)23-13-6-5-8-17(23)16-9-10-18(22(16)4)19(26)21-12-7-11-20(2,3)14-24/h9-10,17,24H,5-8,11-14H2,1-4H3,(H,21,26)/t17-/m0/s1. The van der Waals surface area contributed by atoms with Crippen LogP contribution in [0.2, 0.25) is 0 Å². The molecule has 0 bridgehead atoms. The molecular weight excluding hydrogens is 330 g/mol. The van der Waals surface area contributed by atoms with Gasteiger partial charge in [0.25, 0.3) is 5.91 Å². The molecule has 0 radical (unpaired) electrons. The van der Waals surface area contributed by atoms with E-state index in [4.69, 9.17) is 0 Å². The number of aliphatic hydroxyl groups excluding tert-OH is 1. The highest BCUT2D eigenvalue weighted by Crippen LogP contribution is 2.31. The van der Waals surface area contributed by atoms with Crippen LogP contribution in [0.1, 0.15) is 75.1 Å². The number of carbonyl (C=O) groups is 2. The molecule has 1 aliphatic rings. The highest BCUT2D eigenvalue weighted by Gasteiger charge is 2.28. The van der Waals surface area contributed by atoms with Crippen molar-refractivity contribution < 1.29 is 14.7 Å². The molecule has 26 heavy (non-hydrogen) atoms. The lowest BCUT2D eigenvalue weighted by atomic mass is 9.89. The summed E-state index contributed by atoms with van der Waals surface area (Å²) >= 11 is 0. The van der Waals surface area contributed by atoms with Crippen molar-refractivity contribution in [1.82, 2.24) is 14.8 Å². The SMILES string of the molecule is CC(=O)N1CCCC[C@H]1c1ccc(C(=O)NCCCC(C)(C)CO)n1C. The molecule has 2 N–H and O–H groups in total. The predicted octanol–water partition coefficient (Wildman–Crippen LogP) is 2.63. The highest BCUT2D eigenvalue weighted by molar-refractivity contribution is 5.92. The van der Waals surface area contributed by atoms with Crippen molar-refractivity contribution in [3.63, 3.8) is 0 Å². The van der Waals surface area contributed by atoms with Gasteiger partial charge in [0.15, 0.2) is 0 Å². The average molecular weight is 364 g/mol. The molecule has 1 aromatic rings. The minimum atomic E-state index is -0.111. The van der Waals surface area contributed by atoms with Crippen LogP contribution in [0.25, 0.3) is 0 Å². The molecule has 0 unspecified atom stereocenters. The third-order valence-corrected chi connectivity index (χ3v) is 5.39. The monoisotopic (exact) mass is 363 g/mol. The molecule has 0 saturated carbocycles. The van der Waals surface area contributed by atoms with Gasteiger partial charge in [-0.3, -0.25) is 9.59 Å². The Kier molecular flexibility index (Phi) is 6.87. The first kappa shape index (κ1) is 20.5. The first-order valence-corrected chi connectivity index (χ1v) is 9.59. The van der Waals surface area contributed by atoms with Gasteiger partial charge in [-0.1, -0.05) is 13.8 Å². The molecule has 1 atom stereocenters. The van der Waals surface area contributed by atoms with E-state index in [1.807, 2.05) is 42.5 Å². The number of hydrogen-bond acceptors (Lipinski definition) is 3. The number of piperidine rings is 1. The Morgan fingerprint density at radius 3 is 2.69 bits per heavy atom. The Hall–Kier alpha value is -1.82. The highest BCUT2D eigenvalue weighted by atomic mass is 16.3. The Balaban J connectivity index is 1.99. The summed E-state index contributed by atoms with van der Waals surface area (Å²) in [4.78, 5) is 26.4. The molecule has 2 amide bonds. The van der Waals surface area contributed by atoms with Crippen LogP contribution in [0, 0.1) is 5.41 Å². The van der Waals surface area contributed by atoms with E-state index in [-0.39, 0.29) is 29.9 Å². The topological polar surface area (TPSA) is 74.6 Å². The Morgan fingerprint density at radius 1 is 1.31 bits per heavy atom. The number of carbonyl (C=O) groups excluding carboxylic acids is 2. The molecule has 2 rings (SSSR count). The van der Waals surface area contributed by atoms with Crippen molar-refractivity contribution in [3.05, 3.63) is 23.5 Å². The van der Waals surface area contributed by atoms with Crippen molar-refractivity contribution in [2.45, 2.75) is 58.9 Å². The van der Waals surface area contributed by atoms with Gasteiger partial charge in [-0.25, -0.2) is 0 Å². The summed E-state index contributed by atoms with van der Waals surface area (Å²) in [5.74, 6) is -0.000798. The molecular formula is C20H33N3O3. The van der Waals surface area contributed by atoms with Gasteiger partial charge in [-0.05, 0) is 49.7 Å². The smallest absolute Gasteiger partial charge is 0.267 e. The maximum Gasteiger partial charge on any atom is 0.267 e. The summed E-state index contributed by atoms with van der Waals surface area (Å²) in [6, 6.07) is 3.86. The van der Waals surface area contributed by atoms with E-state index in [9.17, 15) is 14.7 Å². The van der Waals surface area contributed by atoms with Crippen LogP contribution in [-0.4, -0.2) is 46.1 Å². The molecule has 1 saturated heterocycles. The second kappa shape index (κ2) is 8.71. The quantitative estimate of drug-likeness (QED) is 0.731. The predicted molar refractivity (Wildman–Crippen MR) is 102 cm³/mol. The van der Waals surface area contributed by atoms with E-state index in [1.165, 1.54) is 0 Å². The first-order chi connectivity index (χ1) is 12.3. The number of rotatable bonds is 7. The third-order valence-electron chi connectivity index (χ3n) is 5.39. The van der Waals surface area contributed by atoms with Crippen LogP contribution in [0.5, 0.6) is 0 Å². The largest absolute Gasteiger partial charge is 0.396 e. The van der Waals surface area contributed by atoms with Crippen molar-refractivity contribution in [1.29, 1.82) is 0 Å². The molecule has 6 heteroatoms. The van der Waals surface area contributed by atoms with Crippen LogP contribution in [-0.2, 0) is 11.8 Å². The minimum Gasteiger partial charge on any atom is -0.396 e. The van der Waals surface area contributed by atoms with Gasteiger partial charge < -0.3 is 19.9 Å². The molecule has 0 aromatic carbocycles. The summed E-state index contributed by atoms with van der Waals surface area (Å²) < 4.78 is 1.92. The number of nitrogens with one attached hydrogen (secondary N) is 1. The number of nitrogens with zero attached hydrogens (tertiary/aromatic N) is 2. The summed E-state index contributed by atoms with van der Waals surface area (Å²) in [7, 11) is 1.89. The van der Waals surface area contributed by atoms with Crippen molar-refractivity contribution >= 4 is 11.8 Å². The lowest BCUT2D eigenvalue weighted by Crippen LogP contribution is -2.38. The van der Waals surface area contributed by atoms with Crippen molar-refractivity contribution in [2.24, 2.45) is 12.5 Å². The lowest BCUT2D eigenvalue weighted by Gasteiger charge is -2.35. The maximum absolute atomic E-state index is 12.5. The lowest BCUT2D eigenvalue weighted by molar-refractivity contribution is -0.132. The summed E-state index contributed by atoms with van der Waals surface area (Å²) in [5.41, 5.74) is 1.53. The first-order valence-electron chi connectivity index (χ1n) is 9.59. The zero-order valence-corrected chi connectivity index (χ0v) is 16.5. The average Bonchev–Trinajstić information content (AvgIpc) is 3.00. The zero-order valence-electron chi connectivity index (χ0n) is 16.5. The molecule has 1 fully saturated rings. The number of likely N-dealkylation sites (tertiary alicyclic amines) is 1. The van der Waals surface area contributed by atoms with E-state index in [0.29, 0.717) is 12.2 Å². The fourth-order valence-electron chi connectivity index (χ4n) is 3.64.